The molecule has 0 aliphatic carbocycles. The van der Waals surface area contributed by atoms with Crippen molar-refractivity contribution in [1.29, 1.82) is 0 Å². The first-order valence-corrected chi connectivity index (χ1v) is 5.66. The van der Waals surface area contributed by atoms with Crippen LogP contribution in [0, 0.1) is 0 Å². The molecular formula is C11H21NO6. The standard InChI is InChI=1S/C11H21NO6/c1-5-17-9(15)8(7(14)6-13)12-10(16)18-11(2,3)4/h7-8,13-14H,5-6H2,1-4H3,(H,12,16)/t7-,8+/m1/s1. The maximum absolute atomic E-state index is 11.5. The normalized spacial score (nSPS) is 14.6. The Balaban J connectivity index is 4.59. The molecule has 0 aliphatic rings. The van der Waals surface area contributed by atoms with Crippen LogP contribution in [0.4, 0.5) is 4.79 Å². The van der Waals surface area contributed by atoms with Crippen LogP contribution in [0.15, 0.2) is 0 Å². The summed E-state index contributed by atoms with van der Waals surface area (Å²) in [4.78, 5) is 22.9. The predicted molar refractivity (Wildman–Crippen MR) is 62.9 cm³/mol. The van der Waals surface area contributed by atoms with Gasteiger partial charge in [-0.05, 0) is 27.7 Å². The molecule has 18 heavy (non-hydrogen) atoms. The third kappa shape index (κ3) is 6.41. The number of rotatable bonds is 5. The molecular weight excluding hydrogens is 242 g/mol. The van der Waals surface area contributed by atoms with Crippen LogP contribution in [0.5, 0.6) is 0 Å². The van der Waals surface area contributed by atoms with Crippen LogP contribution in [0.1, 0.15) is 27.7 Å². The van der Waals surface area contributed by atoms with E-state index >= 15 is 0 Å². The highest BCUT2D eigenvalue weighted by molar-refractivity contribution is 5.82. The first-order chi connectivity index (χ1) is 8.21. The van der Waals surface area contributed by atoms with Crippen molar-refractivity contribution in [2.45, 2.75) is 45.4 Å². The summed E-state index contributed by atoms with van der Waals surface area (Å²) in [6, 6.07) is -1.36. The molecule has 0 saturated heterocycles. The molecule has 3 N–H and O–H groups in total. The zero-order valence-corrected chi connectivity index (χ0v) is 11.1. The monoisotopic (exact) mass is 263 g/mol. The van der Waals surface area contributed by atoms with Crippen LogP contribution in [0.25, 0.3) is 0 Å². The minimum Gasteiger partial charge on any atom is -0.464 e. The fourth-order valence-electron chi connectivity index (χ4n) is 1.08. The SMILES string of the molecule is CCOC(=O)[C@@H](NC(=O)OC(C)(C)C)[C@H](O)CO. The lowest BCUT2D eigenvalue weighted by Crippen LogP contribution is -2.52. The van der Waals surface area contributed by atoms with Gasteiger partial charge in [-0.15, -0.1) is 0 Å². The largest absolute Gasteiger partial charge is 0.464 e. The van der Waals surface area contributed by atoms with E-state index in [-0.39, 0.29) is 6.61 Å². The molecule has 0 heterocycles. The molecule has 0 aromatic heterocycles. The van der Waals surface area contributed by atoms with E-state index in [1.54, 1.807) is 27.7 Å². The average molecular weight is 263 g/mol. The molecule has 2 atom stereocenters. The Hall–Kier alpha value is -1.34. The fourth-order valence-corrected chi connectivity index (χ4v) is 1.08. The van der Waals surface area contributed by atoms with Crippen molar-refractivity contribution >= 4 is 12.1 Å². The van der Waals surface area contributed by atoms with Gasteiger partial charge in [0, 0.05) is 0 Å². The number of nitrogens with one attached hydrogen (secondary N) is 1. The number of aliphatic hydroxyl groups is 2. The summed E-state index contributed by atoms with van der Waals surface area (Å²) in [6.45, 7) is 5.99. The van der Waals surface area contributed by atoms with Crippen LogP contribution in [0.2, 0.25) is 0 Å². The van der Waals surface area contributed by atoms with Crippen molar-refractivity contribution in [3.63, 3.8) is 0 Å². The summed E-state index contributed by atoms with van der Waals surface area (Å²) >= 11 is 0. The Labute approximate surface area is 106 Å². The summed E-state index contributed by atoms with van der Waals surface area (Å²) < 4.78 is 9.62. The van der Waals surface area contributed by atoms with Crippen molar-refractivity contribution in [3.8, 4) is 0 Å². The van der Waals surface area contributed by atoms with Crippen LogP contribution in [-0.4, -0.2) is 53.2 Å². The van der Waals surface area contributed by atoms with Gasteiger partial charge in [-0.1, -0.05) is 0 Å². The molecule has 0 bridgehead atoms. The van der Waals surface area contributed by atoms with E-state index in [2.05, 4.69) is 10.1 Å². The van der Waals surface area contributed by atoms with Crippen LogP contribution < -0.4 is 5.32 Å². The number of esters is 1. The van der Waals surface area contributed by atoms with Gasteiger partial charge in [-0.25, -0.2) is 9.59 Å². The Morgan fingerprint density at radius 2 is 1.89 bits per heavy atom. The first kappa shape index (κ1) is 16.7. The van der Waals surface area contributed by atoms with E-state index in [0.29, 0.717) is 0 Å². The molecule has 0 radical (unpaired) electrons. The summed E-state index contributed by atoms with van der Waals surface area (Å²) in [6.07, 6.45) is -2.32. The molecule has 0 spiro atoms. The van der Waals surface area contributed by atoms with Gasteiger partial charge in [-0.3, -0.25) is 0 Å². The molecule has 0 fully saturated rings. The summed E-state index contributed by atoms with van der Waals surface area (Å²) in [5.74, 6) is -0.829. The molecule has 0 rings (SSSR count). The third-order valence-electron chi connectivity index (χ3n) is 1.78. The van der Waals surface area contributed by atoms with Crippen LogP contribution >= 0.6 is 0 Å². The third-order valence-corrected chi connectivity index (χ3v) is 1.78. The smallest absolute Gasteiger partial charge is 0.408 e. The average Bonchev–Trinajstić information content (AvgIpc) is 2.22. The lowest BCUT2D eigenvalue weighted by molar-refractivity contribution is -0.149. The maximum atomic E-state index is 11.5. The number of aliphatic hydroxyl groups excluding tert-OH is 2. The Kier molecular flexibility index (Phi) is 6.64. The summed E-state index contributed by atoms with van der Waals surface area (Å²) in [5, 5.41) is 20.4. The zero-order chi connectivity index (χ0) is 14.3. The van der Waals surface area contributed by atoms with Gasteiger partial charge in [0.25, 0.3) is 0 Å². The number of carbonyl (C=O) groups excluding carboxylic acids is 2. The van der Waals surface area contributed by atoms with Gasteiger partial charge in [0.15, 0.2) is 6.04 Å². The number of alkyl carbamates (subject to hydrolysis) is 1. The molecule has 7 heteroatoms. The lowest BCUT2D eigenvalue weighted by atomic mass is 10.1. The highest BCUT2D eigenvalue weighted by atomic mass is 16.6. The molecule has 1 amide bonds. The lowest BCUT2D eigenvalue weighted by Gasteiger charge is -2.24. The van der Waals surface area contributed by atoms with E-state index in [1.165, 1.54) is 0 Å². The van der Waals surface area contributed by atoms with Gasteiger partial charge in [0.1, 0.15) is 11.7 Å². The molecule has 0 aliphatic heterocycles. The number of amides is 1. The van der Waals surface area contributed by atoms with Crippen LogP contribution in [0.3, 0.4) is 0 Å². The summed E-state index contributed by atoms with van der Waals surface area (Å²) in [7, 11) is 0. The predicted octanol–water partition coefficient (Wildman–Crippen LogP) is -0.204. The molecule has 0 saturated carbocycles. The summed E-state index contributed by atoms with van der Waals surface area (Å²) in [5.41, 5.74) is -0.729. The van der Waals surface area contributed by atoms with Crippen molar-refractivity contribution in [1.82, 2.24) is 5.32 Å². The number of hydrogen-bond acceptors (Lipinski definition) is 6. The van der Waals surface area contributed by atoms with E-state index in [0.717, 1.165) is 0 Å². The molecule has 7 nitrogen and oxygen atoms in total. The van der Waals surface area contributed by atoms with Gasteiger partial charge in [-0.2, -0.15) is 0 Å². The second kappa shape index (κ2) is 7.17. The van der Waals surface area contributed by atoms with Crippen LogP contribution in [-0.2, 0) is 14.3 Å². The van der Waals surface area contributed by atoms with Crippen molar-refractivity contribution < 1.29 is 29.3 Å². The van der Waals surface area contributed by atoms with Gasteiger partial charge in [0.2, 0.25) is 0 Å². The Bertz CT molecular complexity index is 286. The topological polar surface area (TPSA) is 105 Å². The second-order valence-electron chi connectivity index (χ2n) is 4.63. The minimum absolute atomic E-state index is 0.101. The fraction of sp³-hybridized carbons (Fsp3) is 0.818. The van der Waals surface area contributed by atoms with Gasteiger partial charge >= 0.3 is 12.1 Å². The molecule has 106 valence electrons. The number of ether oxygens (including phenoxy) is 2. The highest BCUT2D eigenvalue weighted by Crippen LogP contribution is 2.07. The van der Waals surface area contributed by atoms with E-state index < -0.39 is 36.4 Å². The molecule has 0 aromatic carbocycles. The Morgan fingerprint density at radius 3 is 2.28 bits per heavy atom. The van der Waals surface area contributed by atoms with Crippen molar-refractivity contribution in [2.75, 3.05) is 13.2 Å². The number of carbonyl (C=O) groups is 2. The first-order valence-electron chi connectivity index (χ1n) is 5.66. The van der Waals surface area contributed by atoms with Crippen molar-refractivity contribution in [2.24, 2.45) is 0 Å². The van der Waals surface area contributed by atoms with Crippen molar-refractivity contribution in [3.05, 3.63) is 0 Å². The van der Waals surface area contributed by atoms with E-state index in [9.17, 15) is 14.7 Å². The molecule has 0 unspecified atom stereocenters. The second-order valence-corrected chi connectivity index (χ2v) is 4.63. The highest BCUT2D eigenvalue weighted by Gasteiger charge is 2.31. The zero-order valence-electron chi connectivity index (χ0n) is 11.1. The minimum atomic E-state index is -1.45. The van der Waals surface area contributed by atoms with E-state index in [1.807, 2.05) is 0 Å². The quantitative estimate of drug-likeness (QED) is 0.593. The number of hydrogen-bond donors (Lipinski definition) is 3. The maximum Gasteiger partial charge on any atom is 0.408 e. The van der Waals surface area contributed by atoms with E-state index in [4.69, 9.17) is 9.84 Å². The van der Waals surface area contributed by atoms with Gasteiger partial charge < -0.3 is 25.0 Å². The molecule has 0 aromatic rings. The van der Waals surface area contributed by atoms with Gasteiger partial charge in [0.05, 0.1) is 13.2 Å². The Morgan fingerprint density at radius 1 is 1.33 bits per heavy atom.